The fraction of sp³-hybridized carbons (Fsp3) is 0.182. The van der Waals surface area contributed by atoms with Gasteiger partial charge in [0.25, 0.3) is 5.91 Å². The summed E-state index contributed by atoms with van der Waals surface area (Å²) in [4.78, 5) is 13.0. The van der Waals surface area contributed by atoms with Gasteiger partial charge in [-0.1, -0.05) is 18.2 Å². The van der Waals surface area contributed by atoms with Crippen molar-refractivity contribution in [3.63, 3.8) is 0 Å². The highest BCUT2D eigenvalue weighted by Gasteiger charge is 2.17. The second-order valence-electron chi connectivity index (χ2n) is 6.66. The Balaban J connectivity index is 1.74. The number of nitrogens with one attached hydrogen (secondary N) is 1. The molecule has 1 unspecified atom stereocenters. The molecule has 2 aromatic heterocycles. The molecule has 0 spiro atoms. The predicted octanol–water partition coefficient (Wildman–Crippen LogP) is 3.81. The quantitative estimate of drug-likeness (QED) is 0.504. The van der Waals surface area contributed by atoms with Gasteiger partial charge in [-0.15, -0.1) is 5.10 Å². The molecular weight excluding hydrogens is 382 g/mol. The maximum Gasteiger partial charge on any atom is 0.251 e. The third-order valence-corrected chi connectivity index (χ3v) is 4.61. The summed E-state index contributed by atoms with van der Waals surface area (Å²) in [6.07, 6.45) is 3.07. The summed E-state index contributed by atoms with van der Waals surface area (Å²) in [6, 6.07) is 16.5. The van der Waals surface area contributed by atoms with Crippen LogP contribution in [0.4, 0.5) is 0 Å². The second-order valence-corrected chi connectivity index (χ2v) is 6.66. The number of benzene rings is 2. The normalized spacial score (nSPS) is 11.8. The van der Waals surface area contributed by atoms with E-state index in [1.807, 2.05) is 56.3 Å². The van der Waals surface area contributed by atoms with Crippen LogP contribution in [0.25, 0.3) is 16.8 Å². The number of hydrogen-bond acceptors (Lipinski definition) is 6. The van der Waals surface area contributed by atoms with E-state index in [2.05, 4.69) is 20.8 Å². The van der Waals surface area contributed by atoms with E-state index in [1.165, 1.54) is 11.0 Å². The number of amides is 1. The van der Waals surface area contributed by atoms with E-state index in [4.69, 9.17) is 9.15 Å². The fourth-order valence-electron chi connectivity index (χ4n) is 3.18. The zero-order valence-corrected chi connectivity index (χ0v) is 16.6. The van der Waals surface area contributed by atoms with Gasteiger partial charge >= 0.3 is 0 Å². The standard InChI is InChI=1S/C22H21N5O3/c1-3-29-21-8-5-4-7-19(21)16-11-17(13-18(12-16)27-14-23-25-26-27)22(28)24-15(2)20-9-6-10-30-20/h4-15H,3H2,1-2H3,(H,24,28). The van der Waals surface area contributed by atoms with E-state index >= 15 is 0 Å². The molecule has 2 heterocycles. The Hall–Kier alpha value is -3.94. The van der Waals surface area contributed by atoms with Crippen molar-refractivity contribution in [2.75, 3.05) is 6.61 Å². The summed E-state index contributed by atoms with van der Waals surface area (Å²) in [7, 11) is 0. The van der Waals surface area contributed by atoms with Gasteiger partial charge in [0.05, 0.1) is 24.6 Å². The topological polar surface area (TPSA) is 95.1 Å². The summed E-state index contributed by atoms with van der Waals surface area (Å²) in [5.41, 5.74) is 2.84. The van der Waals surface area contributed by atoms with Gasteiger partial charge in [0, 0.05) is 11.1 Å². The molecule has 0 aliphatic carbocycles. The first-order valence-electron chi connectivity index (χ1n) is 9.60. The van der Waals surface area contributed by atoms with Crippen LogP contribution in [0.3, 0.4) is 0 Å². The van der Waals surface area contributed by atoms with Crippen molar-refractivity contribution in [3.05, 3.63) is 78.5 Å². The van der Waals surface area contributed by atoms with Crippen LogP contribution in [-0.2, 0) is 0 Å². The number of nitrogens with zero attached hydrogens (tertiary/aromatic N) is 4. The van der Waals surface area contributed by atoms with Crippen LogP contribution in [0, 0.1) is 0 Å². The second kappa shape index (κ2) is 8.60. The Bertz CT molecular complexity index is 1120. The molecule has 152 valence electrons. The minimum Gasteiger partial charge on any atom is -0.493 e. The molecule has 0 aliphatic rings. The zero-order valence-electron chi connectivity index (χ0n) is 16.6. The highest BCUT2D eigenvalue weighted by atomic mass is 16.5. The van der Waals surface area contributed by atoms with Crippen LogP contribution in [0.15, 0.2) is 71.6 Å². The number of carbonyl (C=O) groups is 1. The van der Waals surface area contributed by atoms with Crippen LogP contribution >= 0.6 is 0 Å². The molecule has 8 nitrogen and oxygen atoms in total. The first kappa shape index (κ1) is 19.4. The van der Waals surface area contributed by atoms with E-state index < -0.39 is 0 Å². The van der Waals surface area contributed by atoms with Gasteiger partial charge in [0.1, 0.15) is 17.8 Å². The lowest BCUT2D eigenvalue weighted by Crippen LogP contribution is -2.26. The number of para-hydroxylation sites is 1. The van der Waals surface area contributed by atoms with Crippen molar-refractivity contribution >= 4 is 5.91 Å². The molecule has 1 atom stereocenters. The zero-order chi connectivity index (χ0) is 20.9. The number of tetrazole rings is 1. The summed E-state index contributed by atoms with van der Waals surface area (Å²) in [5.74, 6) is 1.19. The monoisotopic (exact) mass is 403 g/mol. The molecule has 0 saturated carbocycles. The van der Waals surface area contributed by atoms with Crippen LogP contribution in [-0.4, -0.2) is 32.7 Å². The molecule has 2 aromatic carbocycles. The highest BCUT2D eigenvalue weighted by Crippen LogP contribution is 2.32. The molecule has 0 radical (unpaired) electrons. The Morgan fingerprint density at radius 2 is 2.07 bits per heavy atom. The molecule has 8 heteroatoms. The van der Waals surface area contributed by atoms with Crippen LogP contribution < -0.4 is 10.1 Å². The third-order valence-electron chi connectivity index (χ3n) is 4.61. The van der Waals surface area contributed by atoms with E-state index in [0.717, 1.165) is 16.9 Å². The smallest absolute Gasteiger partial charge is 0.251 e. The lowest BCUT2D eigenvalue weighted by Gasteiger charge is -2.15. The fourth-order valence-corrected chi connectivity index (χ4v) is 3.18. The maximum atomic E-state index is 13.0. The molecule has 30 heavy (non-hydrogen) atoms. The molecule has 4 rings (SSSR count). The van der Waals surface area contributed by atoms with E-state index in [1.54, 1.807) is 18.4 Å². The number of aromatic nitrogens is 4. The van der Waals surface area contributed by atoms with E-state index in [9.17, 15) is 4.79 Å². The number of ether oxygens (including phenoxy) is 1. The van der Waals surface area contributed by atoms with Crippen molar-refractivity contribution in [1.82, 2.24) is 25.5 Å². The molecular formula is C22H21N5O3. The number of hydrogen-bond donors (Lipinski definition) is 1. The summed E-state index contributed by atoms with van der Waals surface area (Å²) < 4.78 is 12.7. The first-order chi connectivity index (χ1) is 14.7. The van der Waals surface area contributed by atoms with Crippen molar-refractivity contribution in [3.8, 4) is 22.6 Å². The molecule has 0 saturated heterocycles. The molecule has 4 aromatic rings. The van der Waals surface area contributed by atoms with E-state index in [-0.39, 0.29) is 11.9 Å². The molecule has 1 N–H and O–H groups in total. The average molecular weight is 403 g/mol. The van der Waals surface area contributed by atoms with Gasteiger partial charge in [-0.2, -0.15) is 0 Å². The lowest BCUT2D eigenvalue weighted by atomic mass is 10.0. The van der Waals surface area contributed by atoms with Gasteiger partial charge in [-0.25, -0.2) is 4.68 Å². The Morgan fingerprint density at radius 3 is 2.80 bits per heavy atom. The van der Waals surface area contributed by atoms with Crippen LogP contribution in [0.2, 0.25) is 0 Å². The van der Waals surface area contributed by atoms with Gasteiger partial charge in [0.15, 0.2) is 0 Å². The van der Waals surface area contributed by atoms with E-state index in [0.29, 0.717) is 23.6 Å². The van der Waals surface area contributed by atoms with Crippen molar-refractivity contribution in [2.24, 2.45) is 0 Å². The number of carbonyl (C=O) groups excluding carboxylic acids is 1. The molecule has 0 fully saturated rings. The minimum absolute atomic E-state index is 0.232. The lowest BCUT2D eigenvalue weighted by molar-refractivity contribution is 0.0935. The Morgan fingerprint density at radius 1 is 1.20 bits per heavy atom. The van der Waals surface area contributed by atoms with Gasteiger partial charge in [0.2, 0.25) is 0 Å². The molecule has 0 bridgehead atoms. The van der Waals surface area contributed by atoms with Crippen LogP contribution in [0.5, 0.6) is 5.75 Å². The SMILES string of the molecule is CCOc1ccccc1-c1cc(C(=O)NC(C)c2ccco2)cc(-n2cnnn2)c1. The van der Waals surface area contributed by atoms with Crippen molar-refractivity contribution in [1.29, 1.82) is 0 Å². The average Bonchev–Trinajstić information content (AvgIpc) is 3.48. The van der Waals surface area contributed by atoms with Crippen molar-refractivity contribution < 1.29 is 13.9 Å². The van der Waals surface area contributed by atoms with Crippen molar-refractivity contribution in [2.45, 2.75) is 19.9 Å². The molecule has 0 aliphatic heterocycles. The number of furan rings is 1. The summed E-state index contributed by atoms with van der Waals surface area (Å²) in [6.45, 7) is 4.34. The third kappa shape index (κ3) is 4.07. The first-order valence-corrected chi connectivity index (χ1v) is 9.60. The molecule has 1 amide bonds. The largest absolute Gasteiger partial charge is 0.493 e. The Labute approximate surface area is 173 Å². The maximum absolute atomic E-state index is 13.0. The predicted molar refractivity (Wildman–Crippen MR) is 110 cm³/mol. The number of rotatable bonds is 7. The van der Waals surface area contributed by atoms with Crippen LogP contribution in [0.1, 0.15) is 36.0 Å². The highest BCUT2D eigenvalue weighted by molar-refractivity contribution is 5.96. The van der Waals surface area contributed by atoms with Gasteiger partial charge < -0.3 is 14.5 Å². The Kier molecular flexibility index (Phi) is 5.56. The minimum atomic E-state index is -0.275. The summed E-state index contributed by atoms with van der Waals surface area (Å²) in [5, 5.41) is 14.3. The van der Waals surface area contributed by atoms with Gasteiger partial charge in [-0.05, 0) is 66.2 Å². The van der Waals surface area contributed by atoms with Gasteiger partial charge in [-0.3, -0.25) is 4.79 Å². The summed E-state index contributed by atoms with van der Waals surface area (Å²) >= 11 is 0.